The minimum Gasteiger partial charge on any atom is -0.485 e. The van der Waals surface area contributed by atoms with Crippen molar-refractivity contribution >= 4 is 0 Å². The second-order valence-electron chi connectivity index (χ2n) is 4.47. The Kier molecular flexibility index (Phi) is 4.52. The number of para-hydroxylation sites is 1. The molecule has 0 amide bonds. The largest absolute Gasteiger partial charge is 0.485 e. The quantitative estimate of drug-likeness (QED) is 0.865. The van der Waals surface area contributed by atoms with E-state index in [0.717, 1.165) is 24.2 Å². The van der Waals surface area contributed by atoms with Gasteiger partial charge in [-0.05, 0) is 19.4 Å². The lowest BCUT2D eigenvalue weighted by molar-refractivity contribution is 0.281. The molecule has 0 aliphatic carbocycles. The topological polar surface area (TPSA) is 74.2 Å². The van der Waals surface area contributed by atoms with E-state index in [1.54, 1.807) is 0 Å². The Balaban J connectivity index is 2.01. The van der Waals surface area contributed by atoms with Gasteiger partial charge in [0.15, 0.2) is 6.61 Å². The SMILES string of the molecule is CCCc1nc(COc2ccccc2[C@H](C)N)no1. The third-order valence-corrected chi connectivity index (χ3v) is 2.74. The van der Waals surface area contributed by atoms with E-state index in [-0.39, 0.29) is 12.6 Å². The molecule has 0 aliphatic heterocycles. The molecule has 1 atom stereocenters. The number of nitrogens with two attached hydrogens (primary N) is 1. The summed E-state index contributed by atoms with van der Waals surface area (Å²) in [6.07, 6.45) is 1.78. The Labute approximate surface area is 112 Å². The number of ether oxygens (including phenoxy) is 1. The molecule has 0 bridgehead atoms. The van der Waals surface area contributed by atoms with E-state index in [9.17, 15) is 0 Å². The van der Waals surface area contributed by atoms with Gasteiger partial charge in [0.2, 0.25) is 11.7 Å². The van der Waals surface area contributed by atoms with E-state index in [1.165, 1.54) is 0 Å². The summed E-state index contributed by atoms with van der Waals surface area (Å²) >= 11 is 0. The van der Waals surface area contributed by atoms with Crippen LogP contribution in [0.4, 0.5) is 0 Å². The first-order chi connectivity index (χ1) is 9.20. The van der Waals surface area contributed by atoms with Gasteiger partial charge < -0.3 is 15.0 Å². The first-order valence-electron chi connectivity index (χ1n) is 6.49. The molecule has 1 aromatic heterocycles. The summed E-state index contributed by atoms with van der Waals surface area (Å²) in [6, 6.07) is 7.64. The third-order valence-electron chi connectivity index (χ3n) is 2.74. The predicted octanol–water partition coefficient (Wildman–Crippen LogP) is 2.62. The smallest absolute Gasteiger partial charge is 0.226 e. The highest BCUT2D eigenvalue weighted by atomic mass is 16.5. The van der Waals surface area contributed by atoms with Crippen LogP contribution in [0.5, 0.6) is 5.75 Å². The standard InChI is InChI=1S/C14H19N3O2/c1-3-6-14-16-13(17-19-14)9-18-12-8-5-4-7-11(12)10(2)15/h4-5,7-8,10H,3,6,9,15H2,1-2H3/t10-/m0/s1. The summed E-state index contributed by atoms with van der Waals surface area (Å²) in [5, 5.41) is 3.88. The van der Waals surface area contributed by atoms with Crippen molar-refractivity contribution in [3.63, 3.8) is 0 Å². The zero-order valence-electron chi connectivity index (χ0n) is 11.3. The monoisotopic (exact) mass is 261 g/mol. The maximum Gasteiger partial charge on any atom is 0.226 e. The van der Waals surface area contributed by atoms with Crippen molar-refractivity contribution in [1.29, 1.82) is 0 Å². The summed E-state index contributed by atoms with van der Waals surface area (Å²) in [5.74, 6) is 1.98. The maximum absolute atomic E-state index is 5.90. The van der Waals surface area contributed by atoms with Crippen LogP contribution in [0.1, 0.15) is 43.6 Å². The third kappa shape index (κ3) is 3.54. The Morgan fingerprint density at radius 1 is 1.37 bits per heavy atom. The number of nitrogens with zero attached hydrogens (tertiary/aromatic N) is 2. The molecule has 5 nitrogen and oxygen atoms in total. The molecule has 0 aliphatic rings. The van der Waals surface area contributed by atoms with Crippen LogP contribution in [0.3, 0.4) is 0 Å². The van der Waals surface area contributed by atoms with Gasteiger partial charge in [0, 0.05) is 18.0 Å². The van der Waals surface area contributed by atoms with Crippen molar-refractivity contribution in [1.82, 2.24) is 10.1 Å². The van der Waals surface area contributed by atoms with E-state index < -0.39 is 0 Å². The average molecular weight is 261 g/mol. The lowest BCUT2D eigenvalue weighted by Gasteiger charge is -2.12. The first-order valence-corrected chi connectivity index (χ1v) is 6.49. The molecule has 0 saturated carbocycles. The van der Waals surface area contributed by atoms with Crippen molar-refractivity contribution in [2.24, 2.45) is 5.73 Å². The van der Waals surface area contributed by atoms with Crippen molar-refractivity contribution in [2.75, 3.05) is 0 Å². The van der Waals surface area contributed by atoms with Gasteiger partial charge in [-0.1, -0.05) is 30.3 Å². The van der Waals surface area contributed by atoms with E-state index in [1.807, 2.05) is 31.2 Å². The molecule has 19 heavy (non-hydrogen) atoms. The Morgan fingerprint density at radius 3 is 2.89 bits per heavy atom. The number of aryl methyl sites for hydroxylation is 1. The predicted molar refractivity (Wildman–Crippen MR) is 71.7 cm³/mol. The van der Waals surface area contributed by atoms with E-state index in [2.05, 4.69) is 17.1 Å². The van der Waals surface area contributed by atoms with Crippen LogP contribution in [-0.4, -0.2) is 10.1 Å². The zero-order chi connectivity index (χ0) is 13.7. The van der Waals surface area contributed by atoms with Crippen molar-refractivity contribution in [3.8, 4) is 5.75 Å². The summed E-state index contributed by atoms with van der Waals surface area (Å²) in [7, 11) is 0. The van der Waals surface area contributed by atoms with Crippen molar-refractivity contribution in [2.45, 2.75) is 39.3 Å². The molecule has 102 valence electrons. The second kappa shape index (κ2) is 6.33. The van der Waals surface area contributed by atoms with Gasteiger partial charge in [-0.3, -0.25) is 0 Å². The average Bonchev–Trinajstić information content (AvgIpc) is 2.85. The lowest BCUT2D eigenvalue weighted by Crippen LogP contribution is -2.08. The number of benzene rings is 1. The Morgan fingerprint density at radius 2 is 2.16 bits per heavy atom. The summed E-state index contributed by atoms with van der Waals surface area (Å²) in [5.41, 5.74) is 6.87. The van der Waals surface area contributed by atoms with Gasteiger partial charge in [0.25, 0.3) is 0 Å². The highest BCUT2D eigenvalue weighted by molar-refractivity contribution is 5.35. The molecule has 2 N–H and O–H groups in total. The molecule has 0 fully saturated rings. The first kappa shape index (κ1) is 13.5. The number of hydrogen-bond acceptors (Lipinski definition) is 5. The van der Waals surface area contributed by atoms with Gasteiger partial charge in [0.1, 0.15) is 5.75 Å². The lowest BCUT2D eigenvalue weighted by atomic mass is 10.1. The van der Waals surface area contributed by atoms with Crippen LogP contribution in [0, 0.1) is 0 Å². The molecular weight excluding hydrogens is 242 g/mol. The molecule has 1 aromatic carbocycles. The van der Waals surface area contributed by atoms with Crippen molar-refractivity contribution < 1.29 is 9.26 Å². The van der Waals surface area contributed by atoms with Gasteiger partial charge in [-0.2, -0.15) is 4.98 Å². The van der Waals surface area contributed by atoms with Crippen LogP contribution >= 0.6 is 0 Å². The molecule has 1 heterocycles. The molecule has 2 rings (SSSR count). The summed E-state index contributed by atoms with van der Waals surface area (Å²) < 4.78 is 10.8. The highest BCUT2D eigenvalue weighted by Crippen LogP contribution is 2.23. The van der Waals surface area contributed by atoms with Gasteiger partial charge >= 0.3 is 0 Å². The fraction of sp³-hybridized carbons (Fsp3) is 0.429. The fourth-order valence-corrected chi connectivity index (χ4v) is 1.79. The molecule has 0 unspecified atom stereocenters. The van der Waals surface area contributed by atoms with E-state index in [4.69, 9.17) is 15.0 Å². The molecule has 0 radical (unpaired) electrons. The highest BCUT2D eigenvalue weighted by Gasteiger charge is 2.10. The van der Waals surface area contributed by atoms with Crippen molar-refractivity contribution in [3.05, 3.63) is 41.5 Å². The minimum atomic E-state index is -0.0721. The van der Waals surface area contributed by atoms with Crippen LogP contribution < -0.4 is 10.5 Å². The molecule has 0 saturated heterocycles. The second-order valence-corrected chi connectivity index (χ2v) is 4.47. The van der Waals surface area contributed by atoms with Gasteiger partial charge in [-0.25, -0.2) is 0 Å². The molecule has 2 aromatic rings. The van der Waals surface area contributed by atoms with Crippen LogP contribution in [0.2, 0.25) is 0 Å². The van der Waals surface area contributed by atoms with Gasteiger partial charge in [-0.15, -0.1) is 0 Å². The van der Waals surface area contributed by atoms with Gasteiger partial charge in [0.05, 0.1) is 0 Å². The summed E-state index contributed by atoms with van der Waals surface area (Å²) in [4.78, 5) is 4.26. The zero-order valence-corrected chi connectivity index (χ0v) is 11.3. The molecular formula is C14H19N3O2. The summed E-state index contributed by atoms with van der Waals surface area (Å²) in [6.45, 7) is 4.28. The fourth-order valence-electron chi connectivity index (χ4n) is 1.79. The van der Waals surface area contributed by atoms with Crippen LogP contribution in [-0.2, 0) is 13.0 Å². The normalized spacial score (nSPS) is 12.4. The maximum atomic E-state index is 5.90. The van der Waals surface area contributed by atoms with E-state index >= 15 is 0 Å². The van der Waals surface area contributed by atoms with E-state index in [0.29, 0.717) is 11.7 Å². The molecule has 5 heteroatoms. The Bertz CT molecular complexity index is 523. The number of rotatable bonds is 6. The minimum absolute atomic E-state index is 0.0721. The number of hydrogen-bond donors (Lipinski definition) is 1. The number of aromatic nitrogens is 2. The molecule has 0 spiro atoms. The van der Waals surface area contributed by atoms with Crippen LogP contribution in [0.25, 0.3) is 0 Å². The van der Waals surface area contributed by atoms with Crippen LogP contribution in [0.15, 0.2) is 28.8 Å². The Hall–Kier alpha value is -1.88.